The summed E-state index contributed by atoms with van der Waals surface area (Å²) >= 11 is 0. The van der Waals surface area contributed by atoms with E-state index in [4.69, 9.17) is 18.5 Å². The highest BCUT2D eigenvalue weighted by Crippen LogP contribution is 2.47. The smallest absolute Gasteiger partial charge is 0.462 e. The Hall–Kier alpha value is -1.15. The normalized spacial score (nSPS) is 22.8. The first kappa shape index (κ1) is 52.9. The molecule has 14 heteroatoms. The van der Waals surface area contributed by atoms with E-state index in [1.54, 1.807) is 0 Å². The fourth-order valence-corrected chi connectivity index (χ4v) is 8.03. The molecule has 1 aliphatic rings. The molecule has 0 heterocycles. The van der Waals surface area contributed by atoms with Gasteiger partial charge in [0.05, 0.1) is 6.61 Å². The monoisotopic (exact) mass is 825 g/mol. The molecule has 1 aliphatic carbocycles. The summed E-state index contributed by atoms with van der Waals surface area (Å²) in [5.74, 6) is -1.09. The maximum absolute atomic E-state index is 12.8. The van der Waals surface area contributed by atoms with Crippen LogP contribution < -0.4 is 0 Å². The fourth-order valence-electron chi connectivity index (χ4n) is 7.05. The second-order valence-electron chi connectivity index (χ2n) is 15.9. The number of unbranched alkanes of at least 4 members (excludes halogenated alkanes) is 25. The lowest BCUT2D eigenvalue weighted by Crippen LogP contribution is -2.64. The van der Waals surface area contributed by atoms with Crippen molar-refractivity contribution in [2.45, 2.75) is 243 Å². The molecule has 0 bridgehead atoms. The molecule has 13 nitrogen and oxygen atoms in total. The molecule has 1 rings (SSSR count). The van der Waals surface area contributed by atoms with Gasteiger partial charge in [-0.3, -0.25) is 18.6 Å². The Labute approximate surface area is 338 Å². The van der Waals surface area contributed by atoms with E-state index in [9.17, 15) is 44.6 Å². The zero-order valence-corrected chi connectivity index (χ0v) is 35.8. The Bertz CT molecular complexity index is 1000. The second kappa shape index (κ2) is 33.7. The summed E-state index contributed by atoms with van der Waals surface area (Å²) in [6, 6.07) is 0. The lowest BCUT2D eigenvalue weighted by atomic mass is 9.85. The van der Waals surface area contributed by atoms with Gasteiger partial charge in [-0.05, 0) is 12.8 Å². The van der Waals surface area contributed by atoms with Gasteiger partial charge >= 0.3 is 19.8 Å². The van der Waals surface area contributed by atoms with E-state index >= 15 is 0 Å². The Balaban J connectivity index is 2.42. The van der Waals surface area contributed by atoms with Crippen molar-refractivity contribution in [2.75, 3.05) is 13.2 Å². The van der Waals surface area contributed by atoms with Gasteiger partial charge in [0.1, 0.15) is 43.2 Å². The number of rotatable bonds is 37. The number of ether oxygens (including phenoxy) is 2. The average molecular weight is 825 g/mol. The van der Waals surface area contributed by atoms with Crippen molar-refractivity contribution in [1.82, 2.24) is 0 Å². The number of carbonyl (C=O) groups excluding carboxylic acids is 2. The van der Waals surface area contributed by atoms with Crippen molar-refractivity contribution < 1.29 is 63.1 Å². The fraction of sp³-hybridized carbons (Fsp3) is 0.952. The van der Waals surface area contributed by atoms with Gasteiger partial charge in [0.15, 0.2) is 6.10 Å². The maximum Gasteiger partial charge on any atom is 0.472 e. The van der Waals surface area contributed by atoms with E-state index in [1.165, 1.54) is 116 Å². The quantitative estimate of drug-likeness (QED) is 0.0199. The van der Waals surface area contributed by atoms with Gasteiger partial charge < -0.3 is 39.9 Å². The van der Waals surface area contributed by atoms with Crippen LogP contribution in [0.4, 0.5) is 0 Å². The molecule has 332 valence electrons. The third-order valence-electron chi connectivity index (χ3n) is 10.7. The Kier molecular flexibility index (Phi) is 31.8. The van der Waals surface area contributed by atoms with E-state index < -0.39 is 75.7 Å². The molecule has 0 aromatic heterocycles. The zero-order valence-electron chi connectivity index (χ0n) is 34.9. The molecule has 8 atom stereocenters. The summed E-state index contributed by atoms with van der Waals surface area (Å²) in [5.41, 5.74) is 0. The van der Waals surface area contributed by atoms with Crippen LogP contribution in [0.1, 0.15) is 200 Å². The van der Waals surface area contributed by atoms with Gasteiger partial charge in [-0.25, -0.2) is 4.57 Å². The number of carbonyl (C=O) groups is 2. The van der Waals surface area contributed by atoms with Crippen LogP contribution in [0, 0.1) is 0 Å². The molecule has 0 aromatic carbocycles. The summed E-state index contributed by atoms with van der Waals surface area (Å²) in [6.45, 7) is 3.29. The number of phosphoric acid groups is 1. The molecular weight excluding hydrogens is 743 g/mol. The lowest BCUT2D eigenvalue weighted by molar-refractivity contribution is -0.220. The molecule has 6 N–H and O–H groups in total. The zero-order chi connectivity index (χ0) is 41.4. The van der Waals surface area contributed by atoms with Crippen LogP contribution in [-0.2, 0) is 32.7 Å². The number of hydrogen-bond donors (Lipinski definition) is 6. The van der Waals surface area contributed by atoms with Crippen LogP contribution in [0.25, 0.3) is 0 Å². The average Bonchev–Trinajstić information content (AvgIpc) is 3.18. The van der Waals surface area contributed by atoms with Crippen molar-refractivity contribution in [3.8, 4) is 0 Å². The van der Waals surface area contributed by atoms with Crippen molar-refractivity contribution in [3.05, 3.63) is 0 Å². The van der Waals surface area contributed by atoms with Crippen molar-refractivity contribution >= 4 is 19.8 Å². The Morgan fingerprint density at radius 1 is 0.482 bits per heavy atom. The van der Waals surface area contributed by atoms with Crippen LogP contribution in [0.2, 0.25) is 0 Å². The predicted octanol–water partition coefficient (Wildman–Crippen LogP) is 8.11. The van der Waals surface area contributed by atoms with Crippen LogP contribution in [0.15, 0.2) is 0 Å². The van der Waals surface area contributed by atoms with Crippen molar-refractivity contribution in [1.29, 1.82) is 0 Å². The van der Waals surface area contributed by atoms with Crippen LogP contribution in [-0.4, -0.2) is 98.3 Å². The lowest BCUT2D eigenvalue weighted by Gasteiger charge is -2.41. The molecule has 0 aliphatic heterocycles. The minimum atomic E-state index is -5.10. The topological polar surface area (TPSA) is 210 Å². The number of phosphoric ester groups is 1. The van der Waals surface area contributed by atoms with E-state index in [0.29, 0.717) is 12.8 Å². The molecule has 6 unspecified atom stereocenters. The highest BCUT2D eigenvalue weighted by molar-refractivity contribution is 7.47. The summed E-state index contributed by atoms with van der Waals surface area (Å²) in [7, 11) is -5.10. The molecule has 1 fully saturated rings. The molecule has 0 spiro atoms. The number of esters is 2. The summed E-state index contributed by atoms with van der Waals surface area (Å²) in [4.78, 5) is 35.6. The minimum Gasteiger partial charge on any atom is -0.462 e. The van der Waals surface area contributed by atoms with Gasteiger partial charge in [0, 0.05) is 12.8 Å². The molecule has 0 radical (unpaired) electrons. The first-order chi connectivity index (χ1) is 26.9. The summed E-state index contributed by atoms with van der Waals surface area (Å²) < 4.78 is 33.4. The standard InChI is InChI=1S/C42H81O13P/c1-3-5-7-9-11-13-15-16-17-18-19-20-21-23-24-26-28-30-35(43)52-32-34(54-36(44)31-29-27-25-22-14-12-10-8-6-4-2)33-53-56(50,51)55-42-40(48)38(46)37(45)39(47)41(42)49/h34,37-42,45-49H,3-33H2,1-2H3,(H,50,51)/t34-,37?,38-,39?,40?,41?,42?/m0/s1. The molecule has 56 heavy (non-hydrogen) atoms. The first-order valence-corrected chi connectivity index (χ1v) is 23.8. The van der Waals surface area contributed by atoms with Gasteiger partial charge in [-0.2, -0.15) is 0 Å². The maximum atomic E-state index is 12.8. The third kappa shape index (κ3) is 26.1. The van der Waals surface area contributed by atoms with E-state index in [-0.39, 0.29) is 12.8 Å². The summed E-state index contributed by atoms with van der Waals surface area (Å²) in [5, 5.41) is 50.0. The number of aliphatic hydroxyl groups excluding tert-OH is 5. The molecular formula is C42H81O13P. The first-order valence-electron chi connectivity index (χ1n) is 22.3. The largest absolute Gasteiger partial charge is 0.472 e. The highest BCUT2D eigenvalue weighted by Gasteiger charge is 2.51. The third-order valence-corrected chi connectivity index (χ3v) is 11.7. The molecule has 0 amide bonds. The molecule has 1 saturated carbocycles. The molecule has 0 saturated heterocycles. The van der Waals surface area contributed by atoms with Crippen LogP contribution in [0.5, 0.6) is 0 Å². The van der Waals surface area contributed by atoms with E-state index in [0.717, 1.165) is 44.9 Å². The van der Waals surface area contributed by atoms with Gasteiger partial charge in [-0.1, -0.05) is 174 Å². The summed E-state index contributed by atoms with van der Waals surface area (Å²) in [6.07, 6.45) is 18.9. The van der Waals surface area contributed by atoms with Gasteiger partial charge in [0.2, 0.25) is 0 Å². The number of hydrogen-bond acceptors (Lipinski definition) is 12. The molecule has 0 aromatic rings. The van der Waals surface area contributed by atoms with Crippen LogP contribution in [0.3, 0.4) is 0 Å². The van der Waals surface area contributed by atoms with E-state index in [1.807, 2.05) is 0 Å². The highest BCUT2D eigenvalue weighted by atomic mass is 31.2. The number of aliphatic hydroxyl groups is 5. The predicted molar refractivity (Wildman–Crippen MR) is 217 cm³/mol. The van der Waals surface area contributed by atoms with Crippen molar-refractivity contribution in [2.24, 2.45) is 0 Å². The SMILES string of the molecule is CCCCCCCCCCCCCCCCCCCC(=O)OC[C@@H](COP(=O)(O)OC1C(O)C(O)C(O)[C@H](O)C1O)OC(=O)CCCCCCCCCCCC. The Morgan fingerprint density at radius 2 is 0.804 bits per heavy atom. The van der Waals surface area contributed by atoms with E-state index in [2.05, 4.69) is 13.8 Å². The second-order valence-corrected chi connectivity index (χ2v) is 17.3. The van der Waals surface area contributed by atoms with Crippen LogP contribution >= 0.6 is 7.82 Å². The van der Waals surface area contributed by atoms with Crippen molar-refractivity contribution in [3.63, 3.8) is 0 Å². The van der Waals surface area contributed by atoms with Gasteiger partial charge in [0.25, 0.3) is 0 Å². The Morgan fingerprint density at radius 3 is 1.18 bits per heavy atom. The van der Waals surface area contributed by atoms with Gasteiger partial charge in [-0.15, -0.1) is 0 Å². The minimum absolute atomic E-state index is 0.103.